The number of nitrogens with one attached hydrogen (secondary N) is 1. The second-order valence-electron chi connectivity index (χ2n) is 9.47. The molecule has 0 radical (unpaired) electrons. The molecule has 6 nitrogen and oxygen atoms in total. The van der Waals surface area contributed by atoms with Crippen molar-refractivity contribution in [3.8, 4) is 17.0 Å². The van der Waals surface area contributed by atoms with Crippen LogP contribution < -0.4 is 9.64 Å². The minimum Gasteiger partial charge on any atom is -0.486 e. The van der Waals surface area contributed by atoms with Crippen molar-refractivity contribution in [2.75, 3.05) is 29.5 Å². The van der Waals surface area contributed by atoms with E-state index in [1.807, 2.05) is 31.3 Å². The van der Waals surface area contributed by atoms with Crippen LogP contribution in [0.4, 0.5) is 5.82 Å². The fourth-order valence-electron chi connectivity index (χ4n) is 5.16. The van der Waals surface area contributed by atoms with Gasteiger partial charge in [-0.05, 0) is 55.9 Å². The van der Waals surface area contributed by atoms with Crippen molar-refractivity contribution in [1.29, 1.82) is 0 Å². The quantitative estimate of drug-likeness (QED) is 0.309. The van der Waals surface area contributed by atoms with E-state index in [0.29, 0.717) is 21.2 Å². The number of nitrogens with zero attached hydrogens (tertiary/aromatic N) is 4. The maximum atomic E-state index is 6.31. The van der Waals surface area contributed by atoms with E-state index in [4.69, 9.17) is 32.9 Å². The topological polar surface area (TPSA) is 66.9 Å². The van der Waals surface area contributed by atoms with Gasteiger partial charge in [-0.2, -0.15) is 16.9 Å². The summed E-state index contributed by atoms with van der Waals surface area (Å²) in [6, 6.07) is 10.1. The number of thioether (sulfide) groups is 1. The van der Waals surface area contributed by atoms with Gasteiger partial charge in [0.15, 0.2) is 0 Å². The summed E-state index contributed by atoms with van der Waals surface area (Å²) in [7, 11) is 0. The molecular formula is C26H25Cl2N5OS. The van der Waals surface area contributed by atoms with Gasteiger partial charge in [0.1, 0.15) is 23.4 Å². The number of pyridine rings is 2. The first-order valence-corrected chi connectivity index (χ1v) is 13.7. The molecule has 4 aromatic rings. The summed E-state index contributed by atoms with van der Waals surface area (Å²) < 4.78 is 6.20. The summed E-state index contributed by atoms with van der Waals surface area (Å²) in [5, 5.41) is 9.62. The van der Waals surface area contributed by atoms with Gasteiger partial charge in [0.05, 0.1) is 15.6 Å². The Kier molecular flexibility index (Phi) is 6.03. The third-order valence-electron chi connectivity index (χ3n) is 6.95. The van der Waals surface area contributed by atoms with E-state index in [9.17, 15) is 0 Å². The first-order chi connectivity index (χ1) is 17.0. The molecule has 5 heterocycles. The van der Waals surface area contributed by atoms with Gasteiger partial charge in [0, 0.05) is 59.4 Å². The molecule has 0 amide bonds. The highest BCUT2D eigenvalue weighted by Crippen LogP contribution is 2.43. The van der Waals surface area contributed by atoms with Crippen LogP contribution in [0, 0.1) is 5.41 Å². The van der Waals surface area contributed by atoms with Crippen LogP contribution in [0.15, 0.2) is 48.9 Å². The summed E-state index contributed by atoms with van der Waals surface area (Å²) in [6.07, 6.45) is 7.41. The largest absolute Gasteiger partial charge is 0.486 e. The van der Waals surface area contributed by atoms with E-state index in [-0.39, 0.29) is 6.10 Å². The Labute approximate surface area is 218 Å². The van der Waals surface area contributed by atoms with Gasteiger partial charge >= 0.3 is 0 Å². The predicted octanol–water partition coefficient (Wildman–Crippen LogP) is 6.80. The second-order valence-corrected chi connectivity index (χ2v) is 11.4. The van der Waals surface area contributed by atoms with Crippen molar-refractivity contribution in [2.45, 2.75) is 25.9 Å². The molecule has 0 bridgehead atoms. The van der Waals surface area contributed by atoms with Crippen molar-refractivity contribution in [2.24, 2.45) is 5.41 Å². The third kappa shape index (κ3) is 4.34. The summed E-state index contributed by atoms with van der Waals surface area (Å²) in [4.78, 5) is 11.2. The van der Waals surface area contributed by atoms with Crippen LogP contribution >= 0.6 is 35.0 Å². The second kappa shape index (κ2) is 9.19. The lowest BCUT2D eigenvalue weighted by Gasteiger charge is -2.52. The number of hydrogen-bond donors (Lipinski definition) is 1. The number of fused-ring (bicyclic) bond motifs is 1. The molecule has 3 aromatic heterocycles. The highest BCUT2D eigenvalue weighted by Gasteiger charge is 2.44. The number of anilines is 1. The molecule has 0 saturated carbocycles. The Bertz CT molecular complexity index is 1340. The van der Waals surface area contributed by atoms with Crippen LogP contribution in [0.2, 0.25) is 10.0 Å². The molecule has 2 aliphatic rings. The summed E-state index contributed by atoms with van der Waals surface area (Å²) in [5.41, 5.74) is 3.97. The third-order valence-corrected chi connectivity index (χ3v) is 8.94. The average molecular weight is 526 g/mol. The van der Waals surface area contributed by atoms with Crippen LogP contribution in [0.5, 0.6) is 5.75 Å². The molecule has 180 valence electrons. The number of hydrogen-bond acceptors (Lipinski definition) is 6. The Hall–Kier alpha value is -2.48. The fourth-order valence-corrected chi connectivity index (χ4v) is 7.08. The minimum atomic E-state index is -0.339. The van der Waals surface area contributed by atoms with Crippen molar-refractivity contribution >= 4 is 51.7 Å². The van der Waals surface area contributed by atoms with Crippen LogP contribution in [0.3, 0.4) is 0 Å². The fraction of sp³-hybridized carbons (Fsp3) is 0.346. The molecule has 2 saturated heterocycles. The maximum absolute atomic E-state index is 6.31. The molecule has 1 N–H and O–H groups in total. The number of aromatic amines is 1. The van der Waals surface area contributed by atoms with Gasteiger partial charge in [-0.1, -0.05) is 23.2 Å². The number of H-pyrrole nitrogens is 1. The molecule has 0 aliphatic carbocycles. The molecule has 0 unspecified atom stereocenters. The number of halogens is 2. The van der Waals surface area contributed by atoms with Crippen molar-refractivity contribution in [1.82, 2.24) is 20.2 Å². The minimum absolute atomic E-state index is 0.339. The van der Waals surface area contributed by atoms with Crippen LogP contribution in [0.1, 0.15) is 31.4 Å². The molecular weight excluding hydrogens is 501 g/mol. The zero-order chi connectivity index (χ0) is 24.0. The number of ether oxygens (including phenoxy) is 1. The molecule has 9 heteroatoms. The standard InChI is InChI=1S/C26H25Cl2N5OS/c1-16(24-20(27)11-29-12-21(24)28)34-18-4-5-22-19(9-18)25(32-31-22)17-3-6-23(30-10-17)33-13-26(14-33)7-2-8-35-15-26/h3-6,9-12,16H,2,7-8,13-15H2,1H3,(H,31,32)/t16-/m1/s1. The van der Waals surface area contributed by atoms with Gasteiger partial charge < -0.3 is 9.64 Å². The number of rotatable bonds is 5. The Morgan fingerprint density at radius 3 is 2.66 bits per heavy atom. The van der Waals surface area contributed by atoms with Crippen LogP contribution in [-0.4, -0.2) is 44.8 Å². The number of aromatic nitrogens is 4. The van der Waals surface area contributed by atoms with E-state index in [1.165, 1.54) is 24.3 Å². The van der Waals surface area contributed by atoms with Crippen molar-refractivity contribution in [3.63, 3.8) is 0 Å². The summed E-state index contributed by atoms with van der Waals surface area (Å²) >= 11 is 14.7. The highest BCUT2D eigenvalue weighted by atomic mass is 35.5. The molecule has 2 aliphatic heterocycles. The Morgan fingerprint density at radius 2 is 1.94 bits per heavy atom. The maximum Gasteiger partial charge on any atom is 0.128 e. The molecule has 1 spiro atoms. The highest BCUT2D eigenvalue weighted by molar-refractivity contribution is 7.99. The van der Waals surface area contributed by atoms with Crippen molar-refractivity contribution < 1.29 is 4.74 Å². The van der Waals surface area contributed by atoms with Gasteiger partial charge in [0.25, 0.3) is 0 Å². The first-order valence-electron chi connectivity index (χ1n) is 11.7. The predicted molar refractivity (Wildman–Crippen MR) is 144 cm³/mol. The molecule has 2 fully saturated rings. The zero-order valence-electron chi connectivity index (χ0n) is 19.3. The molecule has 6 rings (SSSR count). The van der Waals surface area contributed by atoms with E-state index >= 15 is 0 Å². The van der Waals surface area contributed by atoms with E-state index < -0.39 is 0 Å². The lowest BCUT2D eigenvalue weighted by atomic mass is 9.77. The van der Waals surface area contributed by atoms with Crippen molar-refractivity contribution in [3.05, 3.63) is 64.5 Å². The van der Waals surface area contributed by atoms with E-state index in [1.54, 1.807) is 12.4 Å². The van der Waals surface area contributed by atoms with Gasteiger partial charge in [-0.3, -0.25) is 10.1 Å². The SMILES string of the molecule is C[C@@H](Oc1ccc2[nH]nc(-c3ccc(N4CC5(CCCSC5)C4)nc3)c2c1)c1c(Cl)cncc1Cl. The lowest BCUT2D eigenvalue weighted by Crippen LogP contribution is -2.59. The molecule has 35 heavy (non-hydrogen) atoms. The lowest BCUT2D eigenvalue weighted by molar-refractivity contribution is 0.222. The zero-order valence-corrected chi connectivity index (χ0v) is 21.6. The van der Waals surface area contributed by atoms with Gasteiger partial charge in [-0.25, -0.2) is 4.98 Å². The first kappa shape index (κ1) is 23.0. The Balaban J connectivity index is 1.21. The summed E-state index contributed by atoms with van der Waals surface area (Å²) in [6.45, 7) is 4.15. The number of benzene rings is 1. The average Bonchev–Trinajstić information content (AvgIpc) is 3.26. The smallest absolute Gasteiger partial charge is 0.128 e. The van der Waals surface area contributed by atoms with E-state index in [0.717, 1.165) is 46.6 Å². The normalized spacial score (nSPS) is 18.0. The van der Waals surface area contributed by atoms with Crippen LogP contribution in [0.25, 0.3) is 22.2 Å². The monoisotopic (exact) mass is 525 g/mol. The Morgan fingerprint density at radius 1 is 1.11 bits per heavy atom. The summed E-state index contributed by atoms with van der Waals surface area (Å²) in [5.74, 6) is 4.34. The van der Waals surface area contributed by atoms with E-state index in [2.05, 4.69) is 44.0 Å². The van der Waals surface area contributed by atoms with Gasteiger partial charge in [-0.15, -0.1) is 0 Å². The van der Waals surface area contributed by atoms with Gasteiger partial charge in [0.2, 0.25) is 0 Å². The van der Waals surface area contributed by atoms with Crippen LogP contribution in [-0.2, 0) is 0 Å². The molecule has 1 atom stereocenters. The molecule has 1 aromatic carbocycles.